The summed E-state index contributed by atoms with van der Waals surface area (Å²) in [7, 11) is 2.23. The van der Waals surface area contributed by atoms with Gasteiger partial charge in [0, 0.05) is 6.04 Å². The Bertz CT molecular complexity index is 125. The van der Waals surface area contributed by atoms with Crippen molar-refractivity contribution in [2.75, 3.05) is 26.7 Å². The molecule has 0 aliphatic carbocycles. The maximum absolute atomic E-state index is 3.40. The highest BCUT2D eigenvalue weighted by atomic mass is 15.1. The molecule has 0 aromatic carbocycles. The SMILES string of the molecule is CCNCC(C)CCN(C)C(C)CC. The van der Waals surface area contributed by atoms with Crippen LogP contribution in [0.1, 0.15) is 40.5 Å². The second kappa shape index (κ2) is 8.25. The summed E-state index contributed by atoms with van der Waals surface area (Å²) >= 11 is 0. The van der Waals surface area contributed by atoms with E-state index in [1.807, 2.05) is 0 Å². The van der Waals surface area contributed by atoms with E-state index in [4.69, 9.17) is 0 Å². The lowest BCUT2D eigenvalue weighted by Crippen LogP contribution is -2.31. The molecule has 0 aromatic heterocycles. The van der Waals surface area contributed by atoms with Crippen molar-refractivity contribution in [3.8, 4) is 0 Å². The maximum atomic E-state index is 3.40. The van der Waals surface area contributed by atoms with Crippen LogP contribution in [-0.2, 0) is 0 Å². The van der Waals surface area contributed by atoms with Gasteiger partial charge >= 0.3 is 0 Å². The smallest absolute Gasteiger partial charge is 0.00612 e. The van der Waals surface area contributed by atoms with Gasteiger partial charge in [0.15, 0.2) is 0 Å². The quantitative estimate of drug-likeness (QED) is 0.647. The Balaban J connectivity index is 3.50. The molecule has 0 fully saturated rings. The van der Waals surface area contributed by atoms with Gasteiger partial charge in [0.25, 0.3) is 0 Å². The molecule has 2 unspecified atom stereocenters. The van der Waals surface area contributed by atoms with Gasteiger partial charge < -0.3 is 10.2 Å². The van der Waals surface area contributed by atoms with E-state index in [2.05, 4.69) is 45.0 Å². The molecule has 0 spiro atoms. The molecule has 0 bridgehead atoms. The van der Waals surface area contributed by atoms with Crippen LogP contribution in [0.2, 0.25) is 0 Å². The molecule has 86 valence electrons. The van der Waals surface area contributed by atoms with Gasteiger partial charge in [0.1, 0.15) is 0 Å². The normalized spacial score (nSPS) is 15.9. The van der Waals surface area contributed by atoms with Crippen molar-refractivity contribution in [2.24, 2.45) is 5.92 Å². The van der Waals surface area contributed by atoms with Crippen LogP contribution in [0.3, 0.4) is 0 Å². The van der Waals surface area contributed by atoms with Crippen molar-refractivity contribution in [1.29, 1.82) is 0 Å². The Morgan fingerprint density at radius 3 is 2.36 bits per heavy atom. The summed E-state index contributed by atoms with van der Waals surface area (Å²) in [5.74, 6) is 0.793. The second-order valence-corrected chi connectivity index (χ2v) is 4.44. The molecular formula is C12H28N2. The highest BCUT2D eigenvalue weighted by Gasteiger charge is 2.08. The monoisotopic (exact) mass is 200 g/mol. The molecule has 0 saturated heterocycles. The third-order valence-electron chi connectivity index (χ3n) is 3.06. The molecule has 2 heteroatoms. The van der Waals surface area contributed by atoms with Crippen LogP contribution in [0, 0.1) is 5.92 Å². The Morgan fingerprint density at radius 1 is 1.21 bits per heavy atom. The van der Waals surface area contributed by atoms with Gasteiger partial charge in [-0.2, -0.15) is 0 Å². The molecule has 0 saturated carbocycles. The van der Waals surface area contributed by atoms with E-state index in [1.165, 1.54) is 19.4 Å². The first-order valence-electron chi connectivity index (χ1n) is 6.02. The van der Waals surface area contributed by atoms with Crippen molar-refractivity contribution in [2.45, 2.75) is 46.6 Å². The predicted molar refractivity (Wildman–Crippen MR) is 64.7 cm³/mol. The number of nitrogens with one attached hydrogen (secondary N) is 1. The largest absolute Gasteiger partial charge is 0.317 e. The second-order valence-electron chi connectivity index (χ2n) is 4.44. The topological polar surface area (TPSA) is 15.3 Å². The Hall–Kier alpha value is -0.0800. The third kappa shape index (κ3) is 6.39. The van der Waals surface area contributed by atoms with Gasteiger partial charge in [-0.1, -0.05) is 20.8 Å². The Kier molecular flexibility index (Phi) is 8.20. The highest BCUT2D eigenvalue weighted by molar-refractivity contribution is 4.64. The molecule has 0 radical (unpaired) electrons. The van der Waals surface area contributed by atoms with Gasteiger partial charge in [0.2, 0.25) is 0 Å². The average molecular weight is 200 g/mol. The summed E-state index contributed by atoms with van der Waals surface area (Å²) in [6, 6.07) is 0.723. The van der Waals surface area contributed by atoms with Crippen molar-refractivity contribution in [3.63, 3.8) is 0 Å². The van der Waals surface area contributed by atoms with Crippen LogP contribution in [0.25, 0.3) is 0 Å². The minimum Gasteiger partial charge on any atom is -0.317 e. The van der Waals surface area contributed by atoms with Crippen molar-refractivity contribution >= 4 is 0 Å². The van der Waals surface area contributed by atoms with E-state index < -0.39 is 0 Å². The zero-order valence-electron chi connectivity index (χ0n) is 10.6. The average Bonchev–Trinajstić information content (AvgIpc) is 2.21. The fraction of sp³-hybridized carbons (Fsp3) is 1.00. The van der Waals surface area contributed by atoms with E-state index in [1.54, 1.807) is 0 Å². The minimum atomic E-state index is 0.723. The molecule has 0 aliphatic rings. The lowest BCUT2D eigenvalue weighted by molar-refractivity contribution is 0.234. The van der Waals surface area contributed by atoms with Crippen LogP contribution in [0.15, 0.2) is 0 Å². The van der Waals surface area contributed by atoms with E-state index in [-0.39, 0.29) is 0 Å². The first kappa shape index (κ1) is 13.9. The van der Waals surface area contributed by atoms with Crippen LogP contribution >= 0.6 is 0 Å². The first-order chi connectivity index (χ1) is 6.61. The van der Waals surface area contributed by atoms with Crippen molar-refractivity contribution in [1.82, 2.24) is 10.2 Å². The Labute approximate surface area is 90.1 Å². The zero-order valence-corrected chi connectivity index (χ0v) is 10.6. The van der Waals surface area contributed by atoms with Gasteiger partial charge in [-0.05, 0) is 52.4 Å². The molecule has 1 N–H and O–H groups in total. The lowest BCUT2D eigenvalue weighted by atomic mass is 10.1. The van der Waals surface area contributed by atoms with Crippen molar-refractivity contribution < 1.29 is 0 Å². The fourth-order valence-corrected chi connectivity index (χ4v) is 1.45. The summed E-state index contributed by atoms with van der Waals surface area (Å²) < 4.78 is 0. The number of rotatable bonds is 8. The van der Waals surface area contributed by atoms with E-state index >= 15 is 0 Å². The van der Waals surface area contributed by atoms with Gasteiger partial charge in [-0.3, -0.25) is 0 Å². The molecular weight excluding hydrogens is 172 g/mol. The summed E-state index contributed by atoms with van der Waals surface area (Å²) in [5.41, 5.74) is 0. The predicted octanol–water partition coefficient (Wildman–Crippen LogP) is 2.35. The molecule has 0 aromatic rings. The van der Waals surface area contributed by atoms with E-state index in [0.717, 1.165) is 25.0 Å². The van der Waals surface area contributed by atoms with Gasteiger partial charge in [-0.25, -0.2) is 0 Å². The molecule has 0 rings (SSSR count). The van der Waals surface area contributed by atoms with Crippen LogP contribution < -0.4 is 5.32 Å². The third-order valence-corrected chi connectivity index (χ3v) is 3.06. The van der Waals surface area contributed by atoms with E-state index in [9.17, 15) is 0 Å². The van der Waals surface area contributed by atoms with Crippen LogP contribution in [-0.4, -0.2) is 37.6 Å². The molecule has 2 nitrogen and oxygen atoms in total. The molecule has 2 atom stereocenters. The standard InChI is InChI=1S/C12H28N2/c1-6-12(4)14(5)9-8-11(3)10-13-7-2/h11-13H,6-10H2,1-5H3. The molecule has 0 amide bonds. The van der Waals surface area contributed by atoms with Crippen LogP contribution in [0.5, 0.6) is 0 Å². The van der Waals surface area contributed by atoms with Crippen LogP contribution in [0.4, 0.5) is 0 Å². The summed E-state index contributed by atoms with van der Waals surface area (Å²) in [5, 5.41) is 3.40. The summed E-state index contributed by atoms with van der Waals surface area (Å²) in [6.45, 7) is 12.5. The summed E-state index contributed by atoms with van der Waals surface area (Å²) in [6.07, 6.45) is 2.55. The lowest BCUT2D eigenvalue weighted by Gasteiger charge is -2.25. The first-order valence-corrected chi connectivity index (χ1v) is 6.02. The van der Waals surface area contributed by atoms with E-state index in [0.29, 0.717) is 0 Å². The molecule has 0 aliphatic heterocycles. The van der Waals surface area contributed by atoms with Gasteiger partial charge in [-0.15, -0.1) is 0 Å². The van der Waals surface area contributed by atoms with Crippen molar-refractivity contribution in [3.05, 3.63) is 0 Å². The zero-order chi connectivity index (χ0) is 11.0. The summed E-state index contributed by atoms with van der Waals surface area (Å²) in [4.78, 5) is 2.46. The highest BCUT2D eigenvalue weighted by Crippen LogP contribution is 2.05. The molecule has 14 heavy (non-hydrogen) atoms. The number of nitrogens with zero attached hydrogens (tertiary/aromatic N) is 1. The minimum absolute atomic E-state index is 0.723. The van der Waals surface area contributed by atoms with Gasteiger partial charge in [0.05, 0.1) is 0 Å². The Morgan fingerprint density at radius 2 is 1.86 bits per heavy atom. The fourth-order valence-electron chi connectivity index (χ4n) is 1.45. The molecule has 0 heterocycles. The number of hydrogen-bond acceptors (Lipinski definition) is 2. The maximum Gasteiger partial charge on any atom is 0.00612 e. The number of hydrogen-bond donors (Lipinski definition) is 1.